The number of nitrogens with zero attached hydrogens (tertiary/aromatic N) is 4. The van der Waals surface area contributed by atoms with Crippen molar-refractivity contribution in [3.8, 4) is 0 Å². The van der Waals surface area contributed by atoms with E-state index in [4.69, 9.17) is 9.98 Å². The van der Waals surface area contributed by atoms with Crippen LogP contribution in [0.3, 0.4) is 0 Å². The molecule has 0 unspecified atom stereocenters. The van der Waals surface area contributed by atoms with E-state index in [0.29, 0.717) is 0 Å². The third kappa shape index (κ3) is 2.86. The van der Waals surface area contributed by atoms with E-state index in [0.717, 1.165) is 55.7 Å². The molecule has 0 spiro atoms. The van der Waals surface area contributed by atoms with Gasteiger partial charge in [-0.2, -0.15) is 0 Å². The lowest BCUT2D eigenvalue weighted by atomic mass is 10.1. The van der Waals surface area contributed by atoms with Crippen molar-refractivity contribution in [2.75, 3.05) is 0 Å². The molecule has 2 aromatic heterocycles. The highest BCUT2D eigenvalue weighted by atomic mass is 14.9. The first kappa shape index (κ1) is 18.8. The second-order valence-corrected chi connectivity index (χ2v) is 8.33. The normalized spacial score (nSPS) is 15.2. The summed E-state index contributed by atoms with van der Waals surface area (Å²) in [5, 5.41) is 4.49. The maximum Gasteiger partial charge on any atom is 0.0979 e. The Kier molecular flexibility index (Phi) is 4.11. The highest BCUT2D eigenvalue weighted by Crippen LogP contribution is 2.36. The summed E-state index contributed by atoms with van der Waals surface area (Å²) in [7, 11) is 0. The Bertz CT molecular complexity index is 1670. The molecule has 2 heterocycles. The molecule has 4 aromatic carbocycles. The van der Waals surface area contributed by atoms with Gasteiger partial charge in [-0.05, 0) is 29.7 Å². The lowest BCUT2D eigenvalue weighted by Gasteiger charge is -2.07. The Morgan fingerprint density at radius 3 is 1.41 bits per heavy atom. The minimum atomic E-state index is 0.835. The summed E-state index contributed by atoms with van der Waals surface area (Å²) >= 11 is 0. The summed E-state index contributed by atoms with van der Waals surface area (Å²) in [5.74, 6) is 0. The number of fused-ring (bicyclic) bond motifs is 2. The molecule has 6 aromatic rings. The van der Waals surface area contributed by atoms with Crippen molar-refractivity contribution < 1.29 is 0 Å². The van der Waals surface area contributed by atoms with E-state index in [-0.39, 0.29) is 0 Å². The summed E-state index contributed by atoms with van der Waals surface area (Å²) in [6.45, 7) is 0. The van der Waals surface area contributed by atoms with E-state index in [2.05, 4.69) is 70.6 Å². The number of para-hydroxylation sites is 2. The van der Waals surface area contributed by atoms with Crippen LogP contribution in [0, 0.1) is 0 Å². The van der Waals surface area contributed by atoms with Crippen LogP contribution in [0.2, 0.25) is 0 Å². The van der Waals surface area contributed by atoms with Crippen molar-refractivity contribution in [3.05, 3.63) is 121 Å². The van der Waals surface area contributed by atoms with Gasteiger partial charge in [-0.1, -0.05) is 72.8 Å². The highest BCUT2D eigenvalue weighted by molar-refractivity contribution is 6.61. The van der Waals surface area contributed by atoms with E-state index in [1.165, 1.54) is 10.8 Å². The van der Waals surface area contributed by atoms with Crippen LogP contribution in [0.1, 0.15) is 11.1 Å². The predicted octanol–water partition coefficient (Wildman–Crippen LogP) is 7.19. The zero-order valence-corrected chi connectivity index (χ0v) is 18.2. The van der Waals surface area contributed by atoms with Crippen LogP contribution in [0.15, 0.2) is 119 Å². The molecular weight excluding hydrogens is 416 g/mol. The first-order valence-corrected chi connectivity index (χ1v) is 11.2. The van der Waals surface area contributed by atoms with Gasteiger partial charge in [-0.15, -0.1) is 0 Å². The van der Waals surface area contributed by atoms with Crippen LogP contribution >= 0.6 is 0 Å². The van der Waals surface area contributed by atoms with Crippen molar-refractivity contribution in [3.63, 3.8) is 0 Å². The van der Waals surface area contributed by atoms with Gasteiger partial charge in [-0.25, -0.2) is 9.98 Å². The maximum absolute atomic E-state index is 5.19. The Labute approximate surface area is 196 Å². The second kappa shape index (κ2) is 7.42. The zero-order valence-electron chi connectivity index (χ0n) is 18.2. The highest BCUT2D eigenvalue weighted by Gasteiger charge is 2.27. The number of pyridine rings is 2. The molecule has 0 N–H and O–H groups in total. The molecule has 1 aliphatic rings. The van der Waals surface area contributed by atoms with E-state index in [1.54, 1.807) is 0 Å². The van der Waals surface area contributed by atoms with Crippen molar-refractivity contribution in [2.24, 2.45) is 9.98 Å². The Balaban J connectivity index is 1.54. The molecule has 4 heteroatoms. The van der Waals surface area contributed by atoms with Crippen molar-refractivity contribution in [1.29, 1.82) is 0 Å². The minimum Gasteiger partial charge on any atom is -0.254 e. The quantitative estimate of drug-likeness (QED) is 0.289. The van der Waals surface area contributed by atoms with Crippen molar-refractivity contribution in [2.45, 2.75) is 0 Å². The fourth-order valence-corrected chi connectivity index (χ4v) is 4.81. The molecule has 4 nitrogen and oxygen atoms in total. The number of benzene rings is 4. The number of hydrogen-bond acceptors (Lipinski definition) is 4. The largest absolute Gasteiger partial charge is 0.254 e. The van der Waals surface area contributed by atoms with Gasteiger partial charge in [0, 0.05) is 39.7 Å². The number of hydrogen-bond donors (Lipinski definition) is 0. The molecule has 0 atom stereocenters. The predicted molar refractivity (Wildman–Crippen MR) is 140 cm³/mol. The van der Waals surface area contributed by atoms with Gasteiger partial charge in [0.25, 0.3) is 0 Å². The summed E-state index contributed by atoms with van der Waals surface area (Å²) in [4.78, 5) is 19.6. The molecular formula is C30H18N4. The van der Waals surface area contributed by atoms with Gasteiger partial charge in [0.15, 0.2) is 0 Å². The van der Waals surface area contributed by atoms with Crippen LogP contribution in [0.25, 0.3) is 32.6 Å². The monoisotopic (exact) mass is 434 g/mol. The summed E-state index contributed by atoms with van der Waals surface area (Å²) in [5.41, 5.74) is 7.33. The molecule has 0 bridgehead atoms. The van der Waals surface area contributed by atoms with Gasteiger partial charge in [0.1, 0.15) is 0 Å². The maximum atomic E-state index is 5.19. The van der Waals surface area contributed by atoms with E-state index in [9.17, 15) is 0 Å². The Morgan fingerprint density at radius 1 is 0.441 bits per heavy atom. The number of rotatable bonds is 2. The molecule has 0 radical (unpaired) electrons. The van der Waals surface area contributed by atoms with Gasteiger partial charge in [0.05, 0.1) is 33.8 Å². The molecule has 1 aliphatic carbocycles. The minimum absolute atomic E-state index is 0.835. The fourth-order valence-electron chi connectivity index (χ4n) is 4.81. The topological polar surface area (TPSA) is 50.5 Å². The Morgan fingerprint density at radius 2 is 0.882 bits per heavy atom. The summed E-state index contributed by atoms with van der Waals surface area (Å²) in [6, 6.07) is 32.9. The molecule has 0 aliphatic heterocycles. The summed E-state index contributed by atoms with van der Waals surface area (Å²) < 4.78 is 0. The summed E-state index contributed by atoms with van der Waals surface area (Å²) in [6.07, 6.45) is 3.62. The van der Waals surface area contributed by atoms with Crippen LogP contribution in [0.5, 0.6) is 0 Å². The standard InChI is InChI=1S/C30H18N4/c1-7-19-8-2-14-23-26(19)22(13-1)29(33-24-15-3-9-20-11-5-17-31-27(20)24)30(23)34-25-16-4-10-21-12-6-18-32-28(21)25/h1-18H. The molecule has 34 heavy (non-hydrogen) atoms. The molecule has 158 valence electrons. The lowest BCUT2D eigenvalue weighted by Crippen LogP contribution is -2.10. The van der Waals surface area contributed by atoms with E-state index in [1.807, 2.05) is 48.8 Å². The Hall–Kier alpha value is -4.70. The molecule has 7 rings (SSSR count). The molecule has 0 saturated heterocycles. The van der Waals surface area contributed by atoms with Gasteiger partial charge >= 0.3 is 0 Å². The second-order valence-electron chi connectivity index (χ2n) is 8.33. The van der Waals surface area contributed by atoms with Crippen molar-refractivity contribution >= 4 is 55.4 Å². The fraction of sp³-hybridized carbons (Fsp3) is 0. The van der Waals surface area contributed by atoms with Gasteiger partial charge in [0.2, 0.25) is 0 Å². The van der Waals surface area contributed by atoms with Crippen LogP contribution < -0.4 is 0 Å². The first-order valence-electron chi connectivity index (χ1n) is 11.2. The number of aliphatic imine (C=N–C) groups is 2. The first-order chi connectivity index (χ1) is 16.9. The van der Waals surface area contributed by atoms with E-state index >= 15 is 0 Å². The SMILES string of the molecule is c1cnc2c(N=C3C(=Nc4cccc5cccnc45)c4cccc5cccc3c45)cccc2c1. The van der Waals surface area contributed by atoms with Crippen LogP contribution in [0.4, 0.5) is 11.4 Å². The van der Waals surface area contributed by atoms with Gasteiger partial charge in [-0.3, -0.25) is 9.97 Å². The van der Waals surface area contributed by atoms with Crippen LogP contribution in [-0.4, -0.2) is 21.4 Å². The van der Waals surface area contributed by atoms with Gasteiger partial charge < -0.3 is 0 Å². The molecule has 0 amide bonds. The molecule has 0 saturated carbocycles. The lowest BCUT2D eigenvalue weighted by molar-refractivity contribution is 1.39. The third-order valence-electron chi connectivity index (χ3n) is 6.33. The third-order valence-corrected chi connectivity index (χ3v) is 6.33. The smallest absolute Gasteiger partial charge is 0.0979 e. The molecule has 0 fully saturated rings. The average molecular weight is 435 g/mol. The zero-order chi connectivity index (χ0) is 22.5. The van der Waals surface area contributed by atoms with Crippen LogP contribution in [-0.2, 0) is 0 Å². The van der Waals surface area contributed by atoms with Crippen molar-refractivity contribution in [1.82, 2.24) is 9.97 Å². The average Bonchev–Trinajstić information content (AvgIpc) is 3.19. The van der Waals surface area contributed by atoms with E-state index < -0.39 is 0 Å². The number of aromatic nitrogens is 2.